The number of nitrogens with zero attached hydrogens (tertiary/aromatic N) is 2. The third kappa shape index (κ3) is 10.1. The third-order valence-electron chi connectivity index (χ3n) is 5.03. The van der Waals surface area contributed by atoms with E-state index in [0.717, 1.165) is 31.9 Å². The second-order valence-electron chi connectivity index (χ2n) is 8.76. The van der Waals surface area contributed by atoms with Crippen molar-refractivity contribution in [3.05, 3.63) is 29.8 Å². The van der Waals surface area contributed by atoms with E-state index in [0.29, 0.717) is 5.96 Å². The van der Waals surface area contributed by atoms with E-state index in [2.05, 4.69) is 38.0 Å². The number of likely N-dealkylation sites (tertiary alicyclic amines) is 1. The van der Waals surface area contributed by atoms with E-state index in [-0.39, 0.29) is 48.0 Å². The number of carbonyl (C=O) groups excluding carboxylic acids is 1. The summed E-state index contributed by atoms with van der Waals surface area (Å²) in [5.41, 5.74) is 0.998. The summed E-state index contributed by atoms with van der Waals surface area (Å²) in [4.78, 5) is 19.2. The predicted octanol–water partition coefficient (Wildman–Crippen LogP) is 3.31. The molecule has 3 N–H and O–H groups in total. The lowest BCUT2D eigenvalue weighted by molar-refractivity contribution is -0.121. The fraction of sp³-hybridized carbons (Fsp3) is 0.652. The second-order valence-corrected chi connectivity index (χ2v) is 8.76. The van der Waals surface area contributed by atoms with Gasteiger partial charge in [-0.1, -0.05) is 18.6 Å². The lowest BCUT2D eigenvalue weighted by Crippen LogP contribution is -2.45. The van der Waals surface area contributed by atoms with Crippen LogP contribution in [0.2, 0.25) is 0 Å². The number of methoxy groups -OCH3 is 1. The highest BCUT2D eigenvalue weighted by atomic mass is 127. The van der Waals surface area contributed by atoms with E-state index < -0.39 is 0 Å². The molecule has 0 bridgehead atoms. The molecule has 1 aliphatic heterocycles. The summed E-state index contributed by atoms with van der Waals surface area (Å²) in [7, 11) is 1.69. The van der Waals surface area contributed by atoms with Crippen molar-refractivity contribution >= 4 is 35.8 Å². The normalized spacial score (nSPS) is 16.1. The van der Waals surface area contributed by atoms with Crippen molar-refractivity contribution in [1.82, 2.24) is 20.9 Å². The van der Waals surface area contributed by atoms with Crippen molar-refractivity contribution in [2.45, 2.75) is 58.5 Å². The molecule has 176 valence electrons. The minimum atomic E-state index is -0.258. The Bertz CT molecular complexity index is 682. The number of amides is 1. The van der Waals surface area contributed by atoms with Crippen molar-refractivity contribution in [1.29, 1.82) is 0 Å². The highest BCUT2D eigenvalue weighted by Crippen LogP contribution is 2.25. The molecule has 1 aliphatic rings. The first-order chi connectivity index (χ1) is 14.3. The number of hydrogen-bond acceptors (Lipinski definition) is 4. The summed E-state index contributed by atoms with van der Waals surface area (Å²) in [5.74, 6) is 1.45. The molecule has 1 saturated heterocycles. The van der Waals surface area contributed by atoms with Crippen LogP contribution < -0.4 is 20.7 Å². The number of nitrogens with one attached hydrogen (secondary N) is 3. The van der Waals surface area contributed by atoms with Gasteiger partial charge in [-0.3, -0.25) is 9.69 Å². The first-order valence-electron chi connectivity index (χ1n) is 11.0. The number of benzene rings is 1. The van der Waals surface area contributed by atoms with Gasteiger partial charge in [0.1, 0.15) is 12.3 Å². The largest absolute Gasteiger partial charge is 0.497 e. The van der Waals surface area contributed by atoms with Gasteiger partial charge >= 0.3 is 0 Å². The monoisotopic (exact) mass is 545 g/mol. The topological polar surface area (TPSA) is 78.0 Å². The highest BCUT2D eigenvalue weighted by Gasteiger charge is 2.23. The molecule has 0 spiro atoms. The Morgan fingerprint density at radius 3 is 2.32 bits per heavy atom. The van der Waals surface area contributed by atoms with Crippen molar-refractivity contribution in [2.75, 3.05) is 39.8 Å². The maximum absolute atomic E-state index is 12.1. The van der Waals surface area contributed by atoms with E-state index in [1.54, 1.807) is 7.11 Å². The molecule has 1 aromatic rings. The number of ether oxygens (including phenoxy) is 1. The molecule has 1 atom stereocenters. The molecule has 0 radical (unpaired) electrons. The van der Waals surface area contributed by atoms with Gasteiger partial charge in [-0.2, -0.15) is 0 Å². The van der Waals surface area contributed by atoms with Gasteiger partial charge in [0.15, 0.2) is 5.96 Å². The molecule has 2 rings (SSSR count). The smallest absolute Gasteiger partial charge is 0.242 e. The van der Waals surface area contributed by atoms with E-state index >= 15 is 0 Å². The number of rotatable bonds is 8. The standard InChI is InChI=1S/C23H39N5O2.HI/c1-6-24-22(26-17-21(29)27-23(2,3)4)25-16-20(28-14-8-7-9-15-28)18-10-12-19(30-5)13-11-18;/h10-13,20H,6-9,14-17H2,1-5H3,(H,27,29)(H2,24,25,26);1H. The summed E-state index contributed by atoms with van der Waals surface area (Å²) in [5, 5.41) is 9.65. The zero-order valence-corrected chi connectivity index (χ0v) is 22.0. The molecule has 1 heterocycles. The summed E-state index contributed by atoms with van der Waals surface area (Å²) in [6, 6.07) is 8.55. The first kappa shape index (κ1) is 27.5. The van der Waals surface area contributed by atoms with Crippen LogP contribution in [-0.4, -0.2) is 62.1 Å². The maximum Gasteiger partial charge on any atom is 0.242 e. The Morgan fingerprint density at radius 1 is 1.13 bits per heavy atom. The number of hydrogen-bond donors (Lipinski definition) is 3. The van der Waals surface area contributed by atoms with Crippen LogP contribution in [0.25, 0.3) is 0 Å². The Balaban J connectivity index is 0.00000480. The van der Waals surface area contributed by atoms with Gasteiger partial charge in [-0.15, -0.1) is 24.0 Å². The average Bonchev–Trinajstić information content (AvgIpc) is 2.72. The molecule has 0 aliphatic carbocycles. The van der Waals surface area contributed by atoms with Crippen LogP contribution in [0.5, 0.6) is 5.75 Å². The summed E-state index contributed by atoms with van der Waals surface area (Å²) >= 11 is 0. The fourth-order valence-electron chi connectivity index (χ4n) is 3.66. The van der Waals surface area contributed by atoms with Crippen LogP contribution in [0.15, 0.2) is 29.3 Å². The molecule has 0 saturated carbocycles. The number of carbonyl (C=O) groups is 1. The molecule has 1 fully saturated rings. The van der Waals surface area contributed by atoms with Gasteiger partial charge in [0.05, 0.1) is 13.2 Å². The van der Waals surface area contributed by atoms with E-state index in [9.17, 15) is 4.79 Å². The van der Waals surface area contributed by atoms with Crippen molar-refractivity contribution in [3.8, 4) is 5.75 Å². The molecule has 0 aromatic heterocycles. The lowest BCUT2D eigenvalue weighted by Gasteiger charge is -2.35. The molecule has 8 heteroatoms. The molecule has 1 amide bonds. The van der Waals surface area contributed by atoms with Gasteiger partial charge in [-0.05, 0) is 71.3 Å². The Hall–Kier alpha value is -1.55. The number of guanidine groups is 1. The zero-order chi connectivity index (χ0) is 22.0. The molecule has 1 unspecified atom stereocenters. The van der Waals surface area contributed by atoms with Gasteiger partial charge in [0.2, 0.25) is 5.91 Å². The fourth-order valence-corrected chi connectivity index (χ4v) is 3.66. The second kappa shape index (κ2) is 13.8. The third-order valence-corrected chi connectivity index (χ3v) is 5.03. The van der Waals surface area contributed by atoms with Crippen molar-refractivity contribution in [2.24, 2.45) is 4.99 Å². The number of halogens is 1. The molecular formula is C23H40IN5O2. The highest BCUT2D eigenvalue weighted by molar-refractivity contribution is 14.0. The van der Waals surface area contributed by atoms with Crippen LogP contribution in [0, 0.1) is 0 Å². The van der Waals surface area contributed by atoms with Crippen molar-refractivity contribution < 1.29 is 9.53 Å². The zero-order valence-electron chi connectivity index (χ0n) is 19.7. The van der Waals surface area contributed by atoms with E-state index in [1.165, 1.54) is 24.8 Å². The van der Waals surface area contributed by atoms with Crippen LogP contribution in [-0.2, 0) is 4.79 Å². The van der Waals surface area contributed by atoms with Crippen molar-refractivity contribution in [3.63, 3.8) is 0 Å². The van der Waals surface area contributed by atoms with Crippen LogP contribution in [0.4, 0.5) is 0 Å². The SMILES string of the molecule is CCNC(=NCC(=O)NC(C)(C)C)NCC(c1ccc(OC)cc1)N1CCCCC1.I. The predicted molar refractivity (Wildman–Crippen MR) is 138 cm³/mol. The first-order valence-corrected chi connectivity index (χ1v) is 11.0. The minimum Gasteiger partial charge on any atom is -0.497 e. The van der Waals surface area contributed by atoms with Gasteiger partial charge in [0, 0.05) is 18.6 Å². The Morgan fingerprint density at radius 2 is 1.77 bits per heavy atom. The molecule has 31 heavy (non-hydrogen) atoms. The van der Waals surface area contributed by atoms with Crippen LogP contribution in [0.1, 0.15) is 58.6 Å². The Kier molecular flexibility index (Phi) is 12.2. The maximum atomic E-state index is 12.1. The molecular weight excluding hydrogens is 505 g/mol. The minimum absolute atomic E-state index is 0. The lowest BCUT2D eigenvalue weighted by atomic mass is 10.0. The van der Waals surface area contributed by atoms with Crippen LogP contribution >= 0.6 is 24.0 Å². The molecule has 7 nitrogen and oxygen atoms in total. The quantitative estimate of drug-likeness (QED) is 0.266. The van der Waals surface area contributed by atoms with Gasteiger partial charge in [-0.25, -0.2) is 4.99 Å². The van der Waals surface area contributed by atoms with E-state index in [1.807, 2.05) is 39.8 Å². The average molecular weight is 546 g/mol. The van der Waals surface area contributed by atoms with E-state index in [4.69, 9.17) is 4.74 Å². The Labute approximate surface area is 204 Å². The summed E-state index contributed by atoms with van der Waals surface area (Å²) in [6.45, 7) is 11.7. The number of piperidine rings is 1. The van der Waals surface area contributed by atoms with Crippen LogP contribution in [0.3, 0.4) is 0 Å². The van der Waals surface area contributed by atoms with Gasteiger partial charge < -0.3 is 20.7 Å². The summed E-state index contributed by atoms with van der Waals surface area (Å²) in [6.07, 6.45) is 3.76. The summed E-state index contributed by atoms with van der Waals surface area (Å²) < 4.78 is 5.32. The molecule has 1 aromatic carbocycles. The number of aliphatic imine (C=N–C) groups is 1. The van der Waals surface area contributed by atoms with Gasteiger partial charge in [0.25, 0.3) is 0 Å².